The van der Waals surface area contributed by atoms with Gasteiger partial charge in [-0.1, -0.05) is 39.0 Å². The molecule has 1 rings (SSSR count). The lowest BCUT2D eigenvalue weighted by Crippen LogP contribution is -2.43. The second-order valence-electron chi connectivity index (χ2n) is 5.25. The van der Waals surface area contributed by atoms with E-state index in [9.17, 15) is 4.79 Å². The maximum absolute atomic E-state index is 12.4. The van der Waals surface area contributed by atoms with Gasteiger partial charge in [-0.15, -0.1) is 11.6 Å². The zero-order chi connectivity index (χ0) is 13.8. The number of hydrogen-bond acceptors (Lipinski definition) is 2. The van der Waals surface area contributed by atoms with E-state index in [1.807, 2.05) is 51.1 Å². The fourth-order valence-electron chi connectivity index (χ4n) is 1.51. The van der Waals surface area contributed by atoms with Crippen LogP contribution in [0.3, 0.4) is 0 Å². The third kappa shape index (κ3) is 3.72. The van der Waals surface area contributed by atoms with E-state index in [4.69, 9.17) is 16.3 Å². The Labute approximate surface area is 114 Å². The maximum atomic E-state index is 12.4. The quantitative estimate of drug-likeness (QED) is 0.620. The number of ether oxygens (including phenoxy) is 1. The normalized spacial score (nSPS) is 13.2. The molecule has 1 aromatic rings. The summed E-state index contributed by atoms with van der Waals surface area (Å²) in [4.78, 5) is 14.0. The Morgan fingerprint density at radius 1 is 1.33 bits per heavy atom. The molecule has 1 atom stereocenters. The van der Waals surface area contributed by atoms with Gasteiger partial charge in [0.2, 0.25) is 5.91 Å². The second-order valence-corrected chi connectivity index (χ2v) is 5.68. The molecular formula is C14H20ClNO2. The smallest absolute Gasteiger partial charge is 0.247 e. The Balaban J connectivity index is 2.96. The number of nitrogens with zero attached hydrogens (tertiary/aromatic N) is 1. The van der Waals surface area contributed by atoms with Crippen LogP contribution in [0.1, 0.15) is 20.8 Å². The summed E-state index contributed by atoms with van der Waals surface area (Å²) in [5.74, 6) is -0.141. The van der Waals surface area contributed by atoms with Gasteiger partial charge in [0.1, 0.15) is 12.1 Å². The van der Waals surface area contributed by atoms with E-state index in [1.54, 1.807) is 12.0 Å². The molecule has 0 saturated carbocycles. The largest absolute Gasteiger partial charge is 0.364 e. The predicted octanol–water partition coefficient (Wildman–Crippen LogP) is 3.28. The molecule has 0 fully saturated rings. The van der Waals surface area contributed by atoms with E-state index in [0.29, 0.717) is 0 Å². The topological polar surface area (TPSA) is 29.5 Å². The lowest BCUT2D eigenvalue weighted by molar-refractivity contribution is -0.120. The Hall–Kier alpha value is -1.06. The first kappa shape index (κ1) is 15.0. The van der Waals surface area contributed by atoms with Gasteiger partial charge in [-0.2, -0.15) is 0 Å². The molecule has 4 heteroatoms. The Morgan fingerprint density at radius 2 is 1.89 bits per heavy atom. The molecule has 1 amide bonds. The van der Waals surface area contributed by atoms with Gasteiger partial charge in [-0.05, 0) is 17.5 Å². The van der Waals surface area contributed by atoms with Gasteiger partial charge in [0.05, 0.1) is 0 Å². The van der Waals surface area contributed by atoms with E-state index >= 15 is 0 Å². The minimum Gasteiger partial charge on any atom is -0.364 e. The lowest BCUT2D eigenvalue weighted by Gasteiger charge is -2.30. The van der Waals surface area contributed by atoms with Crippen molar-refractivity contribution in [2.45, 2.75) is 26.1 Å². The molecule has 0 aromatic heterocycles. The van der Waals surface area contributed by atoms with E-state index < -0.39 is 5.38 Å². The van der Waals surface area contributed by atoms with Crippen LogP contribution in [-0.2, 0) is 9.53 Å². The molecule has 0 bridgehead atoms. The number of hydrogen-bond donors (Lipinski definition) is 0. The average molecular weight is 270 g/mol. The number of para-hydroxylation sites is 1. The minimum absolute atomic E-state index is 0.141. The molecule has 0 aliphatic carbocycles. The van der Waals surface area contributed by atoms with Crippen molar-refractivity contribution in [3.63, 3.8) is 0 Å². The lowest BCUT2D eigenvalue weighted by atomic mass is 9.91. The Bertz CT molecular complexity index is 387. The fraction of sp³-hybridized carbons (Fsp3) is 0.500. The van der Waals surface area contributed by atoms with Crippen LogP contribution in [0.4, 0.5) is 5.69 Å². The SMILES string of the molecule is COCN(C(=O)C(Cl)C(C)(C)C)c1ccccc1. The standard InChI is InChI=1S/C14H20ClNO2/c1-14(2,3)12(15)13(17)16(10-18-4)11-8-6-5-7-9-11/h5-9,12H,10H2,1-4H3. The highest BCUT2D eigenvalue weighted by atomic mass is 35.5. The molecule has 3 nitrogen and oxygen atoms in total. The summed E-state index contributed by atoms with van der Waals surface area (Å²) >= 11 is 6.24. The highest BCUT2D eigenvalue weighted by Crippen LogP contribution is 2.28. The minimum atomic E-state index is -0.590. The summed E-state index contributed by atoms with van der Waals surface area (Å²) in [6.45, 7) is 6.03. The first-order valence-corrected chi connectivity index (χ1v) is 6.31. The van der Waals surface area contributed by atoms with E-state index in [1.165, 1.54) is 0 Å². The van der Waals surface area contributed by atoms with Crippen molar-refractivity contribution in [2.24, 2.45) is 5.41 Å². The van der Waals surface area contributed by atoms with Crippen molar-refractivity contribution in [3.05, 3.63) is 30.3 Å². The van der Waals surface area contributed by atoms with E-state index in [-0.39, 0.29) is 18.1 Å². The van der Waals surface area contributed by atoms with Crippen LogP contribution < -0.4 is 4.90 Å². The number of alkyl halides is 1. The molecule has 0 heterocycles. The summed E-state index contributed by atoms with van der Waals surface area (Å²) < 4.78 is 5.09. The average Bonchev–Trinajstić information content (AvgIpc) is 2.34. The van der Waals surface area contributed by atoms with E-state index in [2.05, 4.69) is 0 Å². The van der Waals surface area contributed by atoms with Crippen molar-refractivity contribution in [1.29, 1.82) is 0 Å². The van der Waals surface area contributed by atoms with Crippen LogP contribution in [0.5, 0.6) is 0 Å². The number of amides is 1. The van der Waals surface area contributed by atoms with Crippen molar-refractivity contribution in [1.82, 2.24) is 0 Å². The van der Waals surface area contributed by atoms with Crippen LogP contribution >= 0.6 is 11.6 Å². The van der Waals surface area contributed by atoms with Crippen molar-refractivity contribution in [2.75, 3.05) is 18.7 Å². The predicted molar refractivity (Wildman–Crippen MR) is 74.9 cm³/mol. The molecule has 0 saturated heterocycles. The number of benzene rings is 1. The molecular weight excluding hydrogens is 250 g/mol. The maximum Gasteiger partial charge on any atom is 0.247 e. The first-order chi connectivity index (χ1) is 8.38. The molecule has 18 heavy (non-hydrogen) atoms. The summed E-state index contributed by atoms with van der Waals surface area (Å²) in [5, 5.41) is -0.590. The van der Waals surface area contributed by atoms with Crippen LogP contribution in [0.15, 0.2) is 30.3 Å². The molecule has 0 aliphatic heterocycles. The first-order valence-electron chi connectivity index (χ1n) is 5.87. The van der Waals surface area contributed by atoms with Crippen molar-refractivity contribution >= 4 is 23.2 Å². The van der Waals surface area contributed by atoms with Gasteiger partial charge in [-0.25, -0.2) is 0 Å². The van der Waals surface area contributed by atoms with Gasteiger partial charge in [-0.3, -0.25) is 9.69 Å². The Kier molecular flexibility index (Phi) is 5.17. The number of anilines is 1. The van der Waals surface area contributed by atoms with Gasteiger partial charge < -0.3 is 4.74 Å². The summed E-state index contributed by atoms with van der Waals surface area (Å²) in [7, 11) is 1.56. The van der Waals surface area contributed by atoms with Crippen molar-refractivity contribution < 1.29 is 9.53 Å². The third-order valence-corrected chi connectivity index (χ3v) is 3.41. The number of carbonyl (C=O) groups excluding carboxylic acids is 1. The highest BCUT2D eigenvalue weighted by molar-refractivity contribution is 6.33. The summed E-state index contributed by atoms with van der Waals surface area (Å²) in [5.41, 5.74) is 0.499. The number of halogens is 1. The van der Waals surface area contributed by atoms with Crippen molar-refractivity contribution in [3.8, 4) is 0 Å². The van der Waals surface area contributed by atoms with Crippen LogP contribution in [-0.4, -0.2) is 25.1 Å². The molecule has 0 spiro atoms. The van der Waals surface area contributed by atoms with Gasteiger partial charge in [0.25, 0.3) is 0 Å². The number of methoxy groups -OCH3 is 1. The van der Waals surface area contributed by atoms with Crippen LogP contribution in [0, 0.1) is 5.41 Å². The zero-order valence-electron chi connectivity index (χ0n) is 11.3. The number of rotatable bonds is 4. The van der Waals surface area contributed by atoms with Crippen LogP contribution in [0.2, 0.25) is 0 Å². The van der Waals surface area contributed by atoms with Gasteiger partial charge >= 0.3 is 0 Å². The van der Waals surface area contributed by atoms with E-state index in [0.717, 1.165) is 5.69 Å². The second kappa shape index (κ2) is 6.21. The number of carbonyl (C=O) groups is 1. The Morgan fingerprint density at radius 3 is 2.33 bits per heavy atom. The van der Waals surface area contributed by atoms with Gasteiger partial charge in [0, 0.05) is 12.8 Å². The molecule has 0 radical (unpaired) electrons. The molecule has 100 valence electrons. The highest BCUT2D eigenvalue weighted by Gasteiger charge is 2.33. The summed E-state index contributed by atoms with van der Waals surface area (Å²) in [6.07, 6.45) is 0. The summed E-state index contributed by atoms with van der Waals surface area (Å²) in [6, 6.07) is 9.39. The molecule has 0 N–H and O–H groups in total. The molecule has 1 aromatic carbocycles. The third-order valence-electron chi connectivity index (χ3n) is 2.57. The monoisotopic (exact) mass is 269 g/mol. The van der Waals surface area contributed by atoms with Crippen LogP contribution in [0.25, 0.3) is 0 Å². The fourth-order valence-corrected chi connectivity index (χ4v) is 1.63. The molecule has 1 unspecified atom stereocenters. The zero-order valence-corrected chi connectivity index (χ0v) is 12.1. The molecule has 0 aliphatic rings. The van der Waals surface area contributed by atoms with Gasteiger partial charge in [0.15, 0.2) is 0 Å².